The first-order valence-electron chi connectivity index (χ1n) is 5.99. The Labute approximate surface area is 102 Å². The Morgan fingerprint density at radius 3 is 2.76 bits per heavy atom. The molecule has 0 aliphatic carbocycles. The van der Waals surface area contributed by atoms with Crippen LogP contribution in [0, 0.1) is 6.92 Å². The van der Waals surface area contributed by atoms with Gasteiger partial charge in [-0.2, -0.15) is 0 Å². The van der Waals surface area contributed by atoms with Crippen molar-refractivity contribution < 1.29 is 4.42 Å². The number of nitrogens with one attached hydrogen (secondary N) is 1. The maximum absolute atomic E-state index is 5.16. The molecule has 0 saturated heterocycles. The Kier molecular flexibility index (Phi) is 3.94. The Bertz CT molecular complexity index is 434. The first kappa shape index (κ1) is 11.9. The summed E-state index contributed by atoms with van der Waals surface area (Å²) in [7, 11) is 0. The van der Waals surface area contributed by atoms with E-state index in [0.717, 1.165) is 24.2 Å². The lowest BCUT2D eigenvalue weighted by atomic mass is 10.0. The van der Waals surface area contributed by atoms with E-state index < -0.39 is 0 Å². The maximum atomic E-state index is 5.16. The maximum Gasteiger partial charge on any atom is 0.0953 e. The predicted molar refractivity (Wildman–Crippen MR) is 67.8 cm³/mol. The van der Waals surface area contributed by atoms with Crippen molar-refractivity contribution in [3.05, 3.63) is 53.7 Å². The van der Waals surface area contributed by atoms with Crippen LogP contribution in [0.3, 0.4) is 0 Å². The fraction of sp³-hybridized carbons (Fsp3) is 0.357. The van der Waals surface area contributed by atoms with E-state index in [0.29, 0.717) is 0 Å². The van der Waals surface area contributed by atoms with Gasteiger partial charge in [0.1, 0.15) is 0 Å². The van der Waals surface area contributed by atoms with Crippen LogP contribution in [0.15, 0.2) is 41.3 Å². The number of hydrogen-bond donors (Lipinski definition) is 1. The molecule has 3 heteroatoms. The van der Waals surface area contributed by atoms with Gasteiger partial charge in [-0.05, 0) is 37.6 Å². The molecule has 3 nitrogen and oxygen atoms in total. The second-order valence-corrected chi connectivity index (χ2v) is 4.18. The van der Waals surface area contributed by atoms with E-state index in [4.69, 9.17) is 4.42 Å². The minimum Gasteiger partial charge on any atom is -0.472 e. The number of aromatic nitrogens is 1. The van der Waals surface area contributed by atoms with Crippen molar-refractivity contribution in [1.29, 1.82) is 0 Å². The van der Waals surface area contributed by atoms with Crippen LogP contribution in [-0.2, 0) is 0 Å². The first-order valence-corrected chi connectivity index (χ1v) is 5.99. The molecular formula is C14H18N2O. The molecule has 0 aliphatic rings. The predicted octanol–water partition coefficient (Wildman–Crippen LogP) is 3.07. The lowest BCUT2D eigenvalue weighted by molar-refractivity contribution is 0.548. The molecule has 90 valence electrons. The molecule has 2 heterocycles. The molecule has 2 rings (SSSR count). The van der Waals surface area contributed by atoms with Crippen molar-refractivity contribution in [1.82, 2.24) is 10.3 Å². The second-order valence-electron chi connectivity index (χ2n) is 4.18. The van der Waals surface area contributed by atoms with Gasteiger partial charge in [0.2, 0.25) is 0 Å². The number of aryl methyl sites for hydroxylation is 1. The average molecular weight is 230 g/mol. The van der Waals surface area contributed by atoms with E-state index in [1.54, 1.807) is 12.5 Å². The largest absolute Gasteiger partial charge is 0.472 e. The minimum atomic E-state index is 0.168. The number of nitrogens with zero attached hydrogens (tertiary/aromatic N) is 1. The quantitative estimate of drug-likeness (QED) is 0.857. The molecule has 2 aromatic rings. The van der Waals surface area contributed by atoms with Crippen molar-refractivity contribution in [2.24, 2.45) is 0 Å². The van der Waals surface area contributed by atoms with E-state index in [1.165, 1.54) is 5.56 Å². The summed E-state index contributed by atoms with van der Waals surface area (Å²) in [6.07, 6.45) is 6.52. The van der Waals surface area contributed by atoms with Crippen LogP contribution in [0.1, 0.15) is 36.2 Å². The van der Waals surface area contributed by atoms with Gasteiger partial charge in [0.05, 0.1) is 18.6 Å². The number of pyridine rings is 1. The third-order valence-electron chi connectivity index (χ3n) is 2.74. The van der Waals surface area contributed by atoms with Gasteiger partial charge in [0.25, 0.3) is 0 Å². The standard InChI is InChI=1S/C14H18N2O/c1-3-7-15-14(13-6-8-17-10-13)12-5-4-11(2)16-9-12/h4-6,8-10,14-15H,3,7H2,1-2H3. The van der Waals surface area contributed by atoms with E-state index in [2.05, 4.69) is 23.3 Å². The topological polar surface area (TPSA) is 38.1 Å². The van der Waals surface area contributed by atoms with Crippen molar-refractivity contribution in [3.8, 4) is 0 Å². The van der Waals surface area contributed by atoms with Gasteiger partial charge in [-0.25, -0.2) is 0 Å². The summed E-state index contributed by atoms with van der Waals surface area (Å²) < 4.78 is 5.16. The Morgan fingerprint density at radius 1 is 1.29 bits per heavy atom. The van der Waals surface area contributed by atoms with Crippen molar-refractivity contribution in [2.75, 3.05) is 6.54 Å². The SMILES string of the molecule is CCCNC(c1ccc(C)nc1)c1ccoc1. The van der Waals surface area contributed by atoms with Crippen molar-refractivity contribution in [2.45, 2.75) is 26.3 Å². The highest BCUT2D eigenvalue weighted by Gasteiger charge is 2.14. The third kappa shape index (κ3) is 2.94. The molecule has 0 aliphatic heterocycles. The van der Waals surface area contributed by atoms with Crippen LogP contribution in [0.25, 0.3) is 0 Å². The number of furan rings is 1. The molecular weight excluding hydrogens is 212 g/mol. The van der Waals surface area contributed by atoms with Gasteiger partial charge in [-0.15, -0.1) is 0 Å². The van der Waals surface area contributed by atoms with E-state index in [9.17, 15) is 0 Å². The molecule has 2 aromatic heterocycles. The molecule has 1 N–H and O–H groups in total. The van der Waals surface area contributed by atoms with Crippen LogP contribution in [-0.4, -0.2) is 11.5 Å². The van der Waals surface area contributed by atoms with Gasteiger partial charge in [-0.1, -0.05) is 13.0 Å². The van der Waals surface area contributed by atoms with Crippen LogP contribution in [0.5, 0.6) is 0 Å². The number of rotatable bonds is 5. The number of hydrogen-bond acceptors (Lipinski definition) is 3. The lowest BCUT2D eigenvalue weighted by Gasteiger charge is -2.17. The molecule has 0 amide bonds. The molecule has 0 saturated carbocycles. The normalized spacial score (nSPS) is 12.6. The summed E-state index contributed by atoms with van der Waals surface area (Å²) in [5.41, 5.74) is 3.35. The summed E-state index contributed by atoms with van der Waals surface area (Å²) in [6, 6.07) is 6.31. The molecule has 0 fully saturated rings. The zero-order chi connectivity index (χ0) is 12.1. The fourth-order valence-electron chi connectivity index (χ4n) is 1.81. The van der Waals surface area contributed by atoms with Crippen LogP contribution in [0.4, 0.5) is 0 Å². The Morgan fingerprint density at radius 2 is 2.18 bits per heavy atom. The summed E-state index contributed by atoms with van der Waals surface area (Å²) in [6.45, 7) is 5.13. The summed E-state index contributed by atoms with van der Waals surface area (Å²) in [5, 5.41) is 3.51. The molecule has 1 unspecified atom stereocenters. The van der Waals surface area contributed by atoms with Crippen molar-refractivity contribution >= 4 is 0 Å². The van der Waals surface area contributed by atoms with Crippen LogP contribution < -0.4 is 5.32 Å². The molecule has 1 atom stereocenters. The van der Waals surface area contributed by atoms with Gasteiger partial charge in [0, 0.05) is 17.5 Å². The van der Waals surface area contributed by atoms with Gasteiger partial charge in [-0.3, -0.25) is 4.98 Å². The highest BCUT2D eigenvalue weighted by Crippen LogP contribution is 2.21. The summed E-state index contributed by atoms with van der Waals surface area (Å²) >= 11 is 0. The molecule has 17 heavy (non-hydrogen) atoms. The molecule has 0 aromatic carbocycles. The lowest BCUT2D eigenvalue weighted by Crippen LogP contribution is -2.22. The van der Waals surface area contributed by atoms with Crippen molar-refractivity contribution in [3.63, 3.8) is 0 Å². The Hall–Kier alpha value is -1.61. The smallest absolute Gasteiger partial charge is 0.0953 e. The van der Waals surface area contributed by atoms with E-state index in [1.807, 2.05) is 25.3 Å². The molecule has 0 bridgehead atoms. The monoisotopic (exact) mass is 230 g/mol. The second kappa shape index (κ2) is 5.64. The van der Waals surface area contributed by atoms with Gasteiger partial charge in [0.15, 0.2) is 0 Å². The summed E-state index contributed by atoms with van der Waals surface area (Å²) in [5.74, 6) is 0. The van der Waals surface area contributed by atoms with Gasteiger partial charge >= 0.3 is 0 Å². The van der Waals surface area contributed by atoms with E-state index >= 15 is 0 Å². The average Bonchev–Trinajstić information content (AvgIpc) is 2.85. The minimum absolute atomic E-state index is 0.168. The third-order valence-corrected chi connectivity index (χ3v) is 2.74. The van der Waals surface area contributed by atoms with Crippen LogP contribution >= 0.6 is 0 Å². The van der Waals surface area contributed by atoms with Gasteiger partial charge < -0.3 is 9.73 Å². The van der Waals surface area contributed by atoms with E-state index in [-0.39, 0.29) is 6.04 Å². The zero-order valence-corrected chi connectivity index (χ0v) is 10.3. The summed E-state index contributed by atoms with van der Waals surface area (Å²) in [4.78, 5) is 4.35. The highest BCUT2D eigenvalue weighted by atomic mass is 16.3. The molecule has 0 spiro atoms. The first-order chi connectivity index (χ1) is 8.31. The van der Waals surface area contributed by atoms with Crippen LogP contribution in [0.2, 0.25) is 0 Å². The highest BCUT2D eigenvalue weighted by molar-refractivity contribution is 5.28. The zero-order valence-electron chi connectivity index (χ0n) is 10.3. The Balaban J connectivity index is 2.23. The molecule has 0 radical (unpaired) electrons. The fourth-order valence-corrected chi connectivity index (χ4v) is 1.81.